The van der Waals surface area contributed by atoms with Crippen LogP contribution in [-0.4, -0.2) is 69.4 Å². The summed E-state index contributed by atoms with van der Waals surface area (Å²) in [5.41, 5.74) is 0. The largest absolute Gasteiger partial charge is 0.756 e. The molecule has 0 saturated heterocycles. The lowest BCUT2D eigenvalue weighted by Gasteiger charge is -2.30. The van der Waals surface area contributed by atoms with Crippen LogP contribution in [0.2, 0.25) is 0 Å². The third kappa shape index (κ3) is 65.0. The van der Waals surface area contributed by atoms with Crippen LogP contribution < -0.4 is 10.2 Å². The van der Waals surface area contributed by atoms with E-state index < -0.39 is 26.6 Å². The van der Waals surface area contributed by atoms with Gasteiger partial charge in [0.15, 0.2) is 0 Å². The van der Waals surface area contributed by atoms with E-state index in [1.54, 1.807) is 0 Å². The molecule has 0 aliphatic carbocycles. The van der Waals surface area contributed by atoms with Crippen molar-refractivity contribution in [2.75, 3.05) is 40.9 Å². The normalized spacial score (nSPS) is 14.2. The number of quaternary nitrogens is 1. The van der Waals surface area contributed by atoms with Crippen LogP contribution in [0.15, 0.2) is 109 Å². The summed E-state index contributed by atoms with van der Waals surface area (Å²) in [6.07, 6.45) is 87.7. The third-order valence-corrected chi connectivity index (χ3v) is 16.2. The fourth-order valence-corrected chi connectivity index (χ4v) is 10.5. The zero-order chi connectivity index (χ0) is 62.1. The molecule has 0 bridgehead atoms. The van der Waals surface area contributed by atoms with Crippen molar-refractivity contribution in [3.63, 3.8) is 0 Å². The predicted molar refractivity (Wildman–Crippen MR) is 367 cm³/mol. The van der Waals surface area contributed by atoms with E-state index in [2.05, 4.69) is 123 Å². The summed E-state index contributed by atoms with van der Waals surface area (Å²) in [5.74, 6) is -0.557. The monoisotopic (exact) mass is 1200 g/mol. The van der Waals surface area contributed by atoms with Crippen LogP contribution in [0.25, 0.3) is 0 Å². The molecule has 0 aliphatic rings. The maximum atomic E-state index is 13.6. The second-order valence-electron chi connectivity index (χ2n) is 24.6. The number of phosphoric ester groups is 1. The maximum Gasteiger partial charge on any atom is 0.306 e. The van der Waals surface area contributed by atoms with Crippen molar-refractivity contribution in [1.29, 1.82) is 0 Å². The molecule has 0 heterocycles. The van der Waals surface area contributed by atoms with Gasteiger partial charge in [-0.2, -0.15) is 0 Å². The molecule has 0 rings (SSSR count). The Morgan fingerprint density at radius 2 is 0.753 bits per heavy atom. The predicted octanol–water partition coefficient (Wildman–Crippen LogP) is 21.8. The minimum atomic E-state index is -4.72. The molecule has 490 valence electrons. The van der Waals surface area contributed by atoms with E-state index in [0.717, 1.165) is 122 Å². The molecule has 9 nitrogen and oxygen atoms in total. The van der Waals surface area contributed by atoms with Crippen LogP contribution in [-0.2, 0) is 27.9 Å². The first-order valence-corrected chi connectivity index (χ1v) is 36.7. The van der Waals surface area contributed by atoms with Gasteiger partial charge in [-0.15, -0.1) is 0 Å². The third-order valence-electron chi connectivity index (χ3n) is 15.2. The molecule has 0 spiro atoms. The number of carbonyl (C=O) groups is 2. The zero-order valence-corrected chi connectivity index (χ0v) is 56.9. The van der Waals surface area contributed by atoms with Crippen LogP contribution in [0.1, 0.15) is 303 Å². The van der Waals surface area contributed by atoms with Crippen molar-refractivity contribution in [1.82, 2.24) is 5.32 Å². The van der Waals surface area contributed by atoms with Crippen molar-refractivity contribution in [2.45, 2.75) is 315 Å². The number of likely N-dealkylation sites (N-methyl/N-ethyl adjacent to an activating group) is 1. The smallest absolute Gasteiger partial charge is 0.306 e. The van der Waals surface area contributed by atoms with Crippen molar-refractivity contribution in [3.8, 4) is 0 Å². The highest BCUT2D eigenvalue weighted by molar-refractivity contribution is 7.45. The van der Waals surface area contributed by atoms with Gasteiger partial charge in [-0.05, 0) is 115 Å². The number of hydrogen-bond donors (Lipinski definition) is 1. The summed E-state index contributed by atoms with van der Waals surface area (Å²) in [5, 5.41) is 3.04. The number of rotatable bonds is 63. The van der Waals surface area contributed by atoms with Crippen molar-refractivity contribution >= 4 is 19.7 Å². The van der Waals surface area contributed by atoms with E-state index in [-0.39, 0.29) is 24.9 Å². The highest BCUT2D eigenvalue weighted by Crippen LogP contribution is 2.38. The van der Waals surface area contributed by atoms with E-state index in [0.29, 0.717) is 23.9 Å². The minimum Gasteiger partial charge on any atom is -0.756 e. The lowest BCUT2D eigenvalue weighted by molar-refractivity contribution is -0.870. The standard InChI is InChI=1S/C75H133N2O7P/c1-7-10-13-16-19-22-25-28-30-32-34-36-38-40-42-44-46-49-52-55-58-61-64-67-74(78)76-72(71-83-85(80,81)82-70-69-77(4,5)6)73(66-63-60-57-54-51-48-27-24-21-18-15-12-9-3)84-75(79)68-65-62-59-56-53-50-47-45-43-41-39-37-35-33-31-29-26-23-20-17-14-11-8-2/h11,14,19-20,22-23,28-31,34-37,41,43,63,66,72-73H,7-10,12-13,15-18,21,24-27,32-33,38-40,42,44-62,64-65,67-71H2,1-6H3,(H-,76,78,80,81)/b14-11-,22-19-,23-20-,30-28-,31-29-,36-34-,37-35-,43-41-,66-63+. The fraction of sp³-hybridized carbons (Fsp3) is 0.733. The van der Waals surface area contributed by atoms with Gasteiger partial charge in [0.2, 0.25) is 5.91 Å². The second-order valence-corrected chi connectivity index (χ2v) is 26.1. The number of nitrogens with zero attached hydrogens (tertiary/aromatic N) is 1. The van der Waals surface area contributed by atoms with Crippen LogP contribution in [0, 0.1) is 0 Å². The SMILES string of the molecule is CC/C=C\C/C=C\C/C=C\C/C=C\C/C=C\CCCCCCCCCC(=O)OC(/C=C/CCCCCCCCCCCCC)C(COP(=O)([O-])OCC[N+](C)(C)C)NC(=O)CCCCCCCCCCCC/C=C\C/C=C\C/C=C\CCCCC. The molecule has 0 radical (unpaired) electrons. The number of nitrogens with one attached hydrogen (secondary N) is 1. The van der Waals surface area contributed by atoms with Gasteiger partial charge < -0.3 is 28.5 Å². The zero-order valence-electron chi connectivity index (χ0n) is 56.0. The molecule has 0 aromatic heterocycles. The summed E-state index contributed by atoms with van der Waals surface area (Å²) >= 11 is 0. The van der Waals surface area contributed by atoms with Gasteiger partial charge in [0.05, 0.1) is 33.8 Å². The lowest BCUT2D eigenvalue weighted by atomic mass is 10.0. The molecule has 3 unspecified atom stereocenters. The summed E-state index contributed by atoms with van der Waals surface area (Å²) in [4.78, 5) is 40.2. The second kappa shape index (κ2) is 63.7. The van der Waals surface area contributed by atoms with E-state index in [1.807, 2.05) is 33.3 Å². The molecular weight excluding hydrogens is 1070 g/mol. The number of amides is 1. The number of allylic oxidation sites excluding steroid dienone is 17. The summed E-state index contributed by atoms with van der Waals surface area (Å²) < 4.78 is 30.5. The Hall–Kier alpha value is -3.33. The lowest BCUT2D eigenvalue weighted by Crippen LogP contribution is -2.47. The molecule has 1 amide bonds. The first-order chi connectivity index (χ1) is 41.4. The van der Waals surface area contributed by atoms with Gasteiger partial charge in [0.1, 0.15) is 19.3 Å². The Kier molecular flexibility index (Phi) is 61.2. The Balaban J connectivity index is 5.17. The number of unbranched alkanes of at least 4 members (excludes halogenated alkanes) is 31. The number of phosphoric acid groups is 1. The minimum absolute atomic E-state index is 0.0297. The molecule has 85 heavy (non-hydrogen) atoms. The van der Waals surface area contributed by atoms with Crippen molar-refractivity contribution < 1.29 is 37.3 Å². The first-order valence-electron chi connectivity index (χ1n) is 35.2. The summed E-state index contributed by atoms with van der Waals surface area (Å²) in [6, 6.07) is -0.903. The highest BCUT2D eigenvalue weighted by Gasteiger charge is 2.27. The van der Waals surface area contributed by atoms with Gasteiger partial charge in [-0.1, -0.05) is 285 Å². The van der Waals surface area contributed by atoms with Crippen molar-refractivity contribution in [2.24, 2.45) is 0 Å². The number of hydrogen-bond acceptors (Lipinski definition) is 7. The van der Waals surface area contributed by atoms with Gasteiger partial charge in [-0.25, -0.2) is 0 Å². The molecular formula is C75H133N2O7P. The summed E-state index contributed by atoms with van der Waals surface area (Å²) in [6.45, 7) is 6.71. The van der Waals surface area contributed by atoms with Crippen LogP contribution >= 0.6 is 7.82 Å². The molecule has 1 N–H and O–H groups in total. The van der Waals surface area contributed by atoms with E-state index in [9.17, 15) is 19.0 Å². The number of ether oxygens (including phenoxy) is 1. The first kappa shape index (κ1) is 81.7. The van der Waals surface area contributed by atoms with Crippen LogP contribution in [0.4, 0.5) is 0 Å². The van der Waals surface area contributed by atoms with Gasteiger partial charge in [-0.3, -0.25) is 14.2 Å². The van der Waals surface area contributed by atoms with Crippen molar-refractivity contribution in [3.05, 3.63) is 109 Å². The molecule has 3 atom stereocenters. The van der Waals surface area contributed by atoms with Crippen LogP contribution in [0.3, 0.4) is 0 Å². The molecule has 0 fully saturated rings. The van der Waals surface area contributed by atoms with E-state index in [1.165, 1.54) is 141 Å². The maximum absolute atomic E-state index is 13.6. The Bertz CT molecular complexity index is 1820. The average molecular weight is 1210 g/mol. The molecule has 10 heteroatoms. The van der Waals surface area contributed by atoms with Crippen LogP contribution in [0.5, 0.6) is 0 Å². The fourth-order valence-electron chi connectivity index (χ4n) is 9.79. The average Bonchev–Trinajstić information content (AvgIpc) is 3.52. The molecule has 0 saturated carbocycles. The topological polar surface area (TPSA) is 114 Å². The number of esters is 1. The quantitative estimate of drug-likeness (QED) is 0.0212. The Morgan fingerprint density at radius 1 is 0.424 bits per heavy atom. The molecule has 0 aromatic rings. The Labute approximate surface area is 525 Å². The molecule has 0 aromatic carbocycles. The van der Waals surface area contributed by atoms with E-state index in [4.69, 9.17) is 13.8 Å². The van der Waals surface area contributed by atoms with Gasteiger partial charge in [0.25, 0.3) is 7.82 Å². The number of carbonyl (C=O) groups excluding carboxylic acids is 2. The van der Waals surface area contributed by atoms with Gasteiger partial charge in [0, 0.05) is 12.8 Å². The summed E-state index contributed by atoms with van der Waals surface area (Å²) in [7, 11) is 1.17. The van der Waals surface area contributed by atoms with Gasteiger partial charge >= 0.3 is 5.97 Å². The highest BCUT2D eigenvalue weighted by atomic mass is 31.2. The Morgan fingerprint density at radius 3 is 1.15 bits per heavy atom. The van der Waals surface area contributed by atoms with E-state index >= 15 is 0 Å². The molecule has 0 aliphatic heterocycles.